The van der Waals surface area contributed by atoms with Crippen molar-refractivity contribution in [1.82, 2.24) is 4.90 Å². The van der Waals surface area contributed by atoms with Gasteiger partial charge in [-0.25, -0.2) is 13.2 Å². The van der Waals surface area contributed by atoms with Crippen molar-refractivity contribution in [2.24, 2.45) is 5.92 Å². The van der Waals surface area contributed by atoms with Gasteiger partial charge in [0, 0.05) is 18.7 Å². The van der Waals surface area contributed by atoms with Gasteiger partial charge in [0.15, 0.2) is 16.4 Å². The van der Waals surface area contributed by atoms with E-state index in [1.54, 1.807) is 0 Å². The van der Waals surface area contributed by atoms with Crippen LogP contribution in [0.4, 0.5) is 5.00 Å². The zero-order chi connectivity index (χ0) is 19.5. The summed E-state index contributed by atoms with van der Waals surface area (Å²) in [6, 6.07) is 2.04. The fourth-order valence-corrected chi connectivity index (χ4v) is 5.13. The van der Waals surface area contributed by atoms with E-state index >= 15 is 0 Å². The van der Waals surface area contributed by atoms with Crippen molar-refractivity contribution >= 4 is 38.1 Å². The normalized spacial score (nSPS) is 18.7. The van der Waals surface area contributed by atoms with E-state index in [-0.39, 0.29) is 27.3 Å². The first-order chi connectivity index (χ1) is 12.1. The van der Waals surface area contributed by atoms with E-state index in [1.165, 1.54) is 17.0 Å². The van der Waals surface area contributed by atoms with Crippen molar-refractivity contribution in [2.45, 2.75) is 26.3 Å². The predicted molar refractivity (Wildman–Crippen MR) is 94.9 cm³/mol. The summed E-state index contributed by atoms with van der Waals surface area (Å²) < 4.78 is 28.3. The highest BCUT2D eigenvalue weighted by Crippen LogP contribution is 2.24. The molecule has 1 amide bonds. The molecule has 2 heterocycles. The molecule has 0 aliphatic carbocycles. The Bertz CT molecular complexity index is 801. The van der Waals surface area contributed by atoms with Gasteiger partial charge in [-0.1, -0.05) is 25.2 Å². The fourth-order valence-electron chi connectivity index (χ4n) is 2.69. The molecule has 1 saturated heterocycles. The lowest BCUT2D eigenvalue weighted by Crippen LogP contribution is -2.45. The number of esters is 1. The topological polar surface area (TPSA) is 124 Å². The molecule has 1 aliphatic heterocycles. The monoisotopic (exact) mass is 404 g/mol. The highest BCUT2D eigenvalue weighted by molar-refractivity contribution is 7.91. The van der Waals surface area contributed by atoms with E-state index in [2.05, 4.69) is 0 Å². The van der Waals surface area contributed by atoms with Gasteiger partial charge in [-0.05, 0) is 18.4 Å². The van der Waals surface area contributed by atoms with Crippen molar-refractivity contribution in [3.05, 3.63) is 27.1 Å². The van der Waals surface area contributed by atoms with E-state index in [4.69, 9.17) is 4.74 Å². The van der Waals surface area contributed by atoms with Crippen LogP contribution in [-0.2, 0) is 19.4 Å². The van der Waals surface area contributed by atoms with Crippen molar-refractivity contribution < 1.29 is 27.7 Å². The molecule has 2 rings (SSSR count). The summed E-state index contributed by atoms with van der Waals surface area (Å²) in [5.41, 5.74) is 0. The molecule has 0 aromatic carbocycles. The minimum Gasteiger partial charge on any atom is -0.451 e. The smallest absolute Gasteiger partial charge is 0.349 e. The summed E-state index contributed by atoms with van der Waals surface area (Å²) in [5.74, 6) is -1.22. The number of carbonyl (C=O) groups is 2. The summed E-state index contributed by atoms with van der Waals surface area (Å²) in [4.78, 5) is 36.0. The third-order valence-corrected chi connectivity index (χ3v) is 6.60. The van der Waals surface area contributed by atoms with Gasteiger partial charge in [-0.2, -0.15) is 0 Å². The number of sulfone groups is 1. The number of amides is 1. The Morgan fingerprint density at radius 1 is 1.42 bits per heavy atom. The van der Waals surface area contributed by atoms with Crippen LogP contribution in [0.1, 0.15) is 29.9 Å². The largest absolute Gasteiger partial charge is 0.451 e. The first-order valence-corrected chi connectivity index (χ1v) is 10.6. The molecule has 1 aromatic rings. The minimum atomic E-state index is -3.15. The van der Waals surface area contributed by atoms with Crippen LogP contribution in [0.3, 0.4) is 0 Å². The molecule has 1 atom stereocenters. The molecule has 26 heavy (non-hydrogen) atoms. The Labute approximate surface area is 155 Å². The van der Waals surface area contributed by atoms with Crippen LogP contribution < -0.4 is 0 Å². The maximum absolute atomic E-state index is 12.5. The van der Waals surface area contributed by atoms with Crippen LogP contribution in [0.2, 0.25) is 0 Å². The first-order valence-electron chi connectivity index (χ1n) is 8.00. The van der Waals surface area contributed by atoms with Crippen LogP contribution in [-0.4, -0.2) is 60.8 Å². The quantitative estimate of drug-likeness (QED) is 0.383. The molecule has 1 aliphatic rings. The highest BCUT2D eigenvalue weighted by Gasteiger charge is 2.35. The summed E-state index contributed by atoms with van der Waals surface area (Å²) in [5, 5.41) is 10.5. The van der Waals surface area contributed by atoms with E-state index in [9.17, 15) is 28.1 Å². The second-order valence-electron chi connectivity index (χ2n) is 6.47. The maximum atomic E-state index is 12.5. The Morgan fingerprint density at radius 2 is 2.12 bits per heavy atom. The zero-order valence-electron chi connectivity index (χ0n) is 14.4. The lowest BCUT2D eigenvalue weighted by molar-refractivity contribution is -0.380. The van der Waals surface area contributed by atoms with Crippen LogP contribution >= 0.6 is 11.3 Å². The van der Waals surface area contributed by atoms with E-state index in [0.29, 0.717) is 24.3 Å². The highest BCUT2D eigenvalue weighted by atomic mass is 32.2. The van der Waals surface area contributed by atoms with Gasteiger partial charge in [-0.15, -0.1) is 0 Å². The molecule has 0 bridgehead atoms. The molecular weight excluding hydrogens is 384 g/mol. The van der Waals surface area contributed by atoms with Crippen LogP contribution in [0.5, 0.6) is 0 Å². The summed E-state index contributed by atoms with van der Waals surface area (Å²) in [6.45, 7) is 3.63. The Morgan fingerprint density at radius 3 is 2.62 bits per heavy atom. The number of rotatable bonds is 7. The Balaban J connectivity index is 1.99. The van der Waals surface area contributed by atoms with Gasteiger partial charge in [0.2, 0.25) is 0 Å². The second-order valence-corrected chi connectivity index (χ2v) is 9.76. The molecule has 144 valence electrons. The predicted octanol–water partition coefficient (Wildman–Crippen LogP) is 1.48. The third-order valence-electron chi connectivity index (χ3n) is 3.83. The number of nitrogens with zero attached hydrogens (tertiary/aromatic N) is 2. The van der Waals surface area contributed by atoms with Crippen LogP contribution in [0.25, 0.3) is 0 Å². The summed E-state index contributed by atoms with van der Waals surface area (Å²) in [7, 11) is -3.15. The number of hydrogen-bond donors (Lipinski definition) is 0. The second kappa shape index (κ2) is 8.12. The SMILES string of the molecule is CC(C)CN(C(=O)COC(=O)c1ccc([N+](=O)[O-])s1)[C@H]1CCS(=O)(=O)C1. The number of ether oxygens (including phenoxy) is 1. The fraction of sp³-hybridized carbons (Fsp3) is 0.600. The van der Waals surface area contributed by atoms with E-state index < -0.39 is 39.3 Å². The molecule has 0 unspecified atom stereocenters. The van der Waals surface area contributed by atoms with Crippen molar-refractivity contribution in [1.29, 1.82) is 0 Å². The average molecular weight is 404 g/mol. The number of hydrogen-bond acceptors (Lipinski definition) is 8. The van der Waals surface area contributed by atoms with Gasteiger partial charge in [0.05, 0.1) is 16.4 Å². The maximum Gasteiger partial charge on any atom is 0.349 e. The summed E-state index contributed by atoms with van der Waals surface area (Å²) >= 11 is 0.667. The number of nitro groups is 1. The molecule has 0 saturated carbocycles. The van der Waals surface area contributed by atoms with Gasteiger partial charge in [-0.3, -0.25) is 14.9 Å². The number of thiophene rings is 1. The average Bonchev–Trinajstić information content (AvgIpc) is 3.16. The third kappa shape index (κ3) is 5.24. The Hall–Kier alpha value is -2.01. The molecule has 1 fully saturated rings. The minimum absolute atomic E-state index is 0.0309. The summed E-state index contributed by atoms with van der Waals surface area (Å²) in [6.07, 6.45) is 0.367. The van der Waals surface area contributed by atoms with Crippen molar-refractivity contribution in [3.63, 3.8) is 0 Å². The zero-order valence-corrected chi connectivity index (χ0v) is 16.0. The van der Waals surface area contributed by atoms with Gasteiger partial charge in [0.1, 0.15) is 4.88 Å². The molecular formula is C15H20N2O7S2. The van der Waals surface area contributed by atoms with Crippen LogP contribution in [0.15, 0.2) is 12.1 Å². The van der Waals surface area contributed by atoms with Gasteiger partial charge >= 0.3 is 11.0 Å². The molecule has 11 heteroatoms. The lowest BCUT2D eigenvalue weighted by Gasteiger charge is -2.29. The standard InChI is InChI=1S/C15H20N2O7S2/c1-10(2)7-16(11-5-6-26(22,23)9-11)13(18)8-24-15(19)12-3-4-14(25-12)17(20)21/h3-4,10-11H,5-9H2,1-2H3/t11-/m0/s1. The molecule has 9 nitrogen and oxygen atoms in total. The number of carbonyl (C=O) groups excluding carboxylic acids is 2. The molecule has 1 aromatic heterocycles. The van der Waals surface area contributed by atoms with Crippen molar-refractivity contribution in [3.8, 4) is 0 Å². The van der Waals surface area contributed by atoms with Crippen LogP contribution in [0, 0.1) is 16.0 Å². The van der Waals surface area contributed by atoms with E-state index in [1.807, 2.05) is 13.8 Å². The lowest BCUT2D eigenvalue weighted by atomic mass is 10.1. The molecule has 0 N–H and O–H groups in total. The Kier molecular flexibility index (Phi) is 6.34. The molecule has 0 radical (unpaired) electrons. The first kappa shape index (κ1) is 20.3. The van der Waals surface area contributed by atoms with Gasteiger partial charge in [0.25, 0.3) is 5.91 Å². The molecule has 0 spiro atoms. The van der Waals surface area contributed by atoms with Gasteiger partial charge < -0.3 is 9.64 Å². The van der Waals surface area contributed by atoms with Crippen molar-refractivity contribution in [2.75, 3.05) is 24.7 Å². The van der Waals surface area contributed by atoms with E-state index in [0.717, 1.165) is 0 Å².